The molecule has 3 rings (SSSR count). The molecule has 7 nitrogen and oxygen atoms in total. The van der Waals surface area contributed by atoms with Crippen LogP contribution in [-0.2, 0) is 4.74 Å². The van der Waals surface area contributed by atoms with Crippen LogP contribution < -0.4 is 20.9 Å². The van der Waals surface area contributed by atoms with Crippen molar-refractivity contribution < 1.29 is 14.3 Å². The summed E-state index contributed by atoms with van der Waals surface area (Å²) in [5, 5.41) is 8.64. The number of ether oxygens (including phenoxy) is 1. The van der Waals surface area contributed by atoms with E-state index in [-0.39, 0.29) is 11.9 Å². The molecule has 1 saturated heterocycles. The predicted octanol–water partition coefficient (Wildman–Crippen LogP) is 4.31. The molecule has 1 aliphatic rings. The molecule has 0 bridgehead atoms. The fourth-order valence-corrected chi connectivity index (χ4v) is 3.74. The zero-order valence-corrected chi connectivity index (χ0v) is 18.6. The van der Waals surface area contributed by atoms with Gasteiger partial charge in [0.1, 0.15) is 0 Å². The third-order valence-corrected chi connectivity index (χ3v) is 5.64. The van der Waals surface area contributed by atoms with Gasteiger partial charge < -0.3 is 25.6 Å². The van der Waals surface area contributed by atoms with Crippen LogP contribution in [0.15, 0.2) is 36.4 Å². The summed E-state index contributed by atoms with van der Waals surface area (Å²) in [6, 6.07) is 11.0. The van der Waals surface area contributed by atoms with Crippen LogP contribution in [0.5, 0.6) is 0 Å². The third kappa shape index (κ3) is 5.98. The van der Waals surface area contributed by atoms with Crippen LogP contribution in [0.25, 0.3) is 0 Å². The maximum atomic E-state index is 12.9. The molecule has 2 aromatic rings. The minimum atomic E-state index is -0.342. The molecule has 0 atom stereocenters. The van der Waals surface area contributed by atoms with E-state index in [4.69, 9.17) is 4.74 Å². The minimum absolute atomic E-state index is 0.170. The maximum absolute atomic E-state index is 12.9. The number of carbonyl (C=O) groups excluding carboxylic acids is 2. The van der Waals surface area contributed by atoms with Crippen LogP contribution in [-0.4, -0.2) is 45.3 Å². The number of rotatable bonds is 7. The van der Waals surface area contributed by atoms with Gasteiger partial charge in [-0.3, -0.25) is 4.79 Å². The number of carbonyl (C=O) groups is 2. The van der Waals surface area contributed by atoms with Crippen LogP contribution in [0.2, 0.25) is 0 Å². The Morgan fingerprint density at radius 3 is 2.55 bits per heavy atom. The first kappa shape index (κ1) is 22.6. The van der Waals surface area contributed by atoms with Crippen molar-refractivity contribution in [3.63, 3.8) is 0 Å². The molecule has 0 radical (unpaired) electrons. The highest BCUT2D eigenvalue weighted by Gasteiger charge is 2.19. The topological polar surface area (TPSA) is 82.7 Å². The van der Waals surface area contributed by atoms with Gasteiger partial charge >= 0.3 is 6.03 Å². The molecular formula is C24H32N4O3. The quantitative estimate of drug-likeness (QED) is 0.578. The predicted molar refractivity (Wildman–Crippen MR) is 125 cm³/mol. The summed E-state index contributed by atoms with van der Waals surface area (Å²) in [6.45, 7) is 6.71. The summed E-state index contributed by atoms with van der Waals surface area (Å²) in [5.74, 6) is -0.170. The Labute approximate surface area is 184 Å². The molecular weight excluding hydrogens is 392 g/mol. The average Bonchev–Trinajstić information content (AvgIpc) is 2.77. The summed E-state index contributed by atoms with van der Waals surface area (Å²) in [7, 11) is 1.60. The first-order valence-corrected chi connectivity index (χ1v) is 10.8. The van der Waals surface area contributed by atoms with Gasteiger partial charge in [0, 0.05) is 43.8 Å². The van der Waals surface area contributed by atoms with Gasteiger partial charge in [0.15, 0.2) is 0 Å². The number of hydrogen-bond acceptors (Lipinski definition) is 4. The number of piperidine rings is 1. The van der Waals surface area contributed by atoms with Gasteiger partial charge in [0.25, 0.3) is 5.91 Å². The summed E-state index contributed by atoms with van der Waals surface area (Å²) in [4.78, 5) is 27.7. The van der Waals surface area contributed by atoms with Crippen molar-refractivity contribution in [1.82, 2.24) is 5.32 Å². The Kier molecular flexibility index (Phi) is 7.89. The number of benzene rings is 2. The first-order valence-electron chi connectivity index (χ1n) is 10.8. The lowest BCUT2D eigenvalue weighted by Crippen LogP contribution is -2.33. The molecule has 0 aliphatic carbocycles. The Morgan fingerprint density at radius 2 is 1.81 bits per heavy atom. The number of amides is 3. The van der Waals surface area contributed by atoms with E-state index in [9.17, 15) is 9.59 Å². The molecule has 1 fully saturated rings. The summed E-state index contributed by atoms with van der Waals surface area (Å²) in [5.41, 5.74) is 4.92. The molecule has 1 aliphatic heterocycles. The number of hydrogen-bond donors (Lipinski definition) is 3. The van der Waals surface area contributed by atoms with Crippen molar-refractivity contribution in [1.29, 1.82) is 0 Å². The average molecular weight is 425 g/mol. The zero-order chi connectivity index (χ0) is 22.2. The van der Waals surface area contributed by atoms with E-state index in [1.165, 1.54) is 6.42 Å². The lowest BCUT2D eigenvalue weighted by molar-refractivity contribution is 0.0937. The van der Waals surface area contributed by atoms with E-state index >= 15 is 0 Å². The van der Waals surface area contributed by atoms with Gasteiger partial charge in [-0.25, -0.2) is 4.79 Å². The highest BCUT2D eigenvalue weighted by molar-refractivity contribution is 6.04. The molecule has 7 heteroatoms. The van der Waals surface area contributed by atoms with Crippen molar-refractivity contribution in [3.8, 4) is 0 Å². The first-order chi connectivity index (χ1) is 15.0. The number of nitrogens with one attached hydrogen (secondary N) is 3. The molecule has 31 heavy (non-hydrogen) atoms. The Hall–Kier alpha value is -3.06. The van der Waals surface area contributed by atoms with Crippen molar-refractivity contribution in [2.24, 2.45) is 0 Å². The summed E-state index contributed by atoms with van der Waals surface area (Å²) < 4.78 is 5.04. The van der Waals surface area contributed by atoms with Crippen LogP contribution in [0, 0.1) is 13.8 Å². The Morgan fingerprint density at radius 1 is 1.03 bits per heavy atom. The highest BCUT2D eigenvalue weighted by atomic mass is 16.5. The van der Waals surface area contributed by atoms with E-state index in [1.54, 1.807) is 13.2 Å². The monoisotopic (exact) mass is 424 g/mol. The van der Waals surface area contributed by atoms with Gasteiger partial charge in [-0.2, -0.15) is 0 Å². The van der Waals surface area contributed by atoms with Gasteiger partial charge in [-0.15, -0.1) is 0 Å². The number of aryl methyl sites for hydroxylation is 1. The molecule has 2 aromatic carbocycles. The molecule has 1 heterocycles. The summed E-state index contributed by atoms with van der Waals surface area (Å²) in [6.07, 6.45) is 3.44. The molecule has 0 aromatic heterocycles. The van der Waals surface area contributed by atoms with Gasteiger partial charge in [0.2, 0.25) is 0 Å². The number of urea groups is 1. The van der Waals surface area contributed by atoms with Crippen LogP contribution in [0.1, 0.15) is 40.7 Å². The number of anilines is 3. The van der Waals surface area contributed by atoms with Gasteiger partial charge in [0.05, 0.1) is 12.2 Å². The van der Waals surface area contributed by atoms with Crippen molar-refractivity contribution in [2.75, 3.05) is 48.9 Å². The second kappa shape index (κ2) is 10.8. The lowest BCUT2D eigenvalue weighted by Gasteiger charge is -2.30. The molecule has 3 amide bonds. The van der Waals surface area contributed by atoms with Crippen LogP contribution in [0.3, 0.4) is 0 Å². The van der Waals surface area contributed by atoms with E-state index in [0.29, 0.717) is 24.4 Å². The van der Waals surface area contributed by atoms with E-state index < -0.39 is 0 Å². The molecule has 0 saturated carbocycles. The van der Waals surface area contributed by atoms with Gasteiger partial charge in [-0.1, -0.05) is 12.1 Å². The zero-order valence-electron chi connectivity index (χ0n) is 18.6. The molecule has 166 valence electrons. The Balaban J connectivity index is 1.78. The van der Waals surface area contributed by atoms with Crippen molar-refractivity contribution >= 4 is 29.0 Å². The van der Waals surface area contributed by atoms with Crippen molar-refractivity contribution in [2.45, 2.75) is 33.1 Å². The molecule has 0 spiro atoms. The summed E-state index contributed by atoms with van der Waals surface area (Å²) >= 11 is 0. The lowest BCUT2D eigenvalue weighted by atomic mass is 10.1. The SMILES string of the molecule is COCCNC(=O)c1cc(NC(=O)Nc2cccc(C)c2C)ccc1N1CCCCC1. The largest absolute Gasteiger partial charge is 0.383 e. The van der Waals surface area contributed by atoms with Gasteiger partial charge in [-0.05, 0) is 68.5 Å². The second-order valence-electron chi connectivity index (χ2n) is 7.85. The second-order valence-corrected chi connectivity index (χ2v) is 7.85. The number of methoxy groups -OCH3 is 1. The number of nitrogens with zero attached hydrogens (tertiary/aromatic N) is 1. The normalized spacial score (nSPS) is 13.6. The third-order valence-electron chi connectivity index (χ3n) is 5.64. The highest BCUT2D eigenvalue weighted by Crippen LogP contribution is 2.27. The maximum Gasteiger partial charge on any atom is 0.323 e. The minimum Gasteiger partial charge on any atom is -0.383 e. The van der Waals surface area contributed by atoms with E-state index in [1.807, 2.05) is 44.2 Å². The fourth-order valence-electron chi connectivity index (χ4n) is 3.74. The van der Waals surface area contributed by atoms with Crippen LogP contribution >= 0.6 is 0 Å². The standard InChI is InChI=1S/C24H32N4O3/c1-17-8-7-9-21(18(17)2)27-24(30)26-19-10-11-22(28-13-5-4-6-14-28)20(16-19)23(29)25-12-15-31-3/h7-11,16H,4-6,12-15H2,1-3H3,(H,25,29)(H2,26,27,30). The van der Waals surface area contributed by atoms with Crippen molar-refractivity contribution in [3.05, 3.63) is 53.1 Å². The van der Waals surface area contributed by atoms with Crippen LogP contribution in [0.4, 0.5) is 21.9 Å². The molecule has 3 N–H and O–H groups in total. The smallest absolute Gasteiger partial charge is 0.323 e. The fraction of sp³-hybridized carbons (Fsp3) is 0.417. The van der Waals surface area contributed by atoms with E-state index in [0.717, 1.165) is 48.4 Å². The van der Waals surface area contributed by atoms with E-state index in [2.05, 4.69) is 20.9 Å². The Bertz CT molecular complexity index is 923. The molecule has 0 unspecified atom stereocenters.